The zero-order valence-corrected chi connectivity index (χ0v) is 6.76. The van der Waals surface area contributed by atoms with Crippen LogP contribution in [0.3, 0.4) is 0 Å². The summed E-state index contributed by atoms with van der Waals surface area (Å²) in [6, 6.07) is 4.71. The van der Waals surface area contributed by atoms with Crippen LogP contribution < -0.4 is 0 Å². The molecular weight excluding hydrogens is 155 g/mol. The summed E-state index contributed by atoms with van der Waals surface area (Å²) in [5.74, 6) is 4.87. The molecule has 0 aliphatic carbocycles. The number of halogens is 1. The van der Waals surface area contributed by atoms with E-state index in [4.69, 9.17) is 5.11 Å². The summed E-state index contributed by atoms with van der Waals surface area (Å²) in [6.45, 7) is 1.46. The summed E-state index contributed by atoms with van der Waals surface area (Å²) >= 11 is 0. The Morgan fingerprint density at radius 1 is 1.50 bits per heavy atom. The highest BCUT2D eigenvalue weighted by Gasteiger charge is 1.98. The van der Waals surface area contributed by atoms with Gasteiger partial charge in [-0.05, 0) is 19.1 Å². The second-order valence-corrected chi connectivity index (χ2v) is 2.37. The molecule has 62 valence electrons. The Labute approximate surface area is 70.9 Å². The topological polar surface area (TPSA) is 20.2 Å². The summed E-state index contributed by atoms with van der Waals surface area (Å²) in [6.07, 6.45) is 0. The highest BCUT2D eigenvalue weighted by Crippen LogP contribution is 2.10. The predicted molar refractivity (Wildman–Crippen MR) is 45.1 cm³/mol. The molecule has 1 aromatic carbocycles. The summed E-state index contributed by atoms with van der Waals surface area (Å²) in [5.41, 5.74) is 1.16. The zero-order valence-electron chi connectivity index (χ0n) is 6.76. The average Bonchev–Trinajstić information content (AvgIpc) is 2.08. The average molecular weight is 164 g/mol. The fourth-order valence-corrected chi connectivity index (χ4v) is 0.878. The van der Waals surface area contributed by atoms with Crippen LogP contribution in [-0.2, 0) is 0 Å². The van der Waals surface area contributed by atoms with Gasteiger partial charge in [-0.3, -0.25) is 0 Å². The van der Waals surface area contributed by atoms with Gasteiger partial charge >= 0.3 is 0 Å². The van der Waals surface area contributed by atoms with Gasteiger partial charge in [-0.1, -0.05) is 17.9 Å². The van der Waals surface area contributed by atoms with Crippen LogP contribution in [0.4, 0.5) is 4.39 Å². The Kier molecular flexibility index (Phi) is 2.84. The Morgan fingerprint density at radius 3 is 2.92 bits per heavy atom. The lowest BCUT2D eigenvalue weighted by Gasteiger charge is -1.97. The number of hydrogen-bond acceptors (Lipinski definition) is 1. The Morgan fingerprint density at radius 2 is 2.25 bits per heavy atom. The molecule has 1 N–H and O–H groups in total. The number of aliphatic hydroxyl groups is 1. The molecule has 0 heterocycles. The zero-order chi connectivity index (χ0) is 8.97. The van der Waals surface area contributed by atoms with Crippen molar-refractivity contribution in [1.82, 2.24) is 0 Å². The number of hydrogen-bond donors (Lipinski definition) is 1. The van der Waals surface area contributed by atoms with Crippen molar-refractivity contribution in [2.75, 3.05) is 6.61 Å². The number of benzene rings is 1. The van der Waals surface area contributed by atoms with Crippen LogP contribution in [0, 0.1) is 24.6 Å². The fraction of sp³-hybridized carbons (Fsp3) is 0.200. The molecule has 0 saturated carbocycles. The van der Waals surface area contributed by atoms with E-state index in [0.717, 1.165) is 0 Å². The molecule has 0 aliphatic heterocycles. The third-order valence-electron chi connectivity index (χ3n) is 1.57. The van der Waals surface area contributed by atoms with E-state index in [2.05, 4.69) is 11.8 Å². The molecule has 0 spiro atoms. The van der Waals surface area contributed by atoms with Crippen molar-refractivity contribution in [3.63, 3.8) is 0 Å². The molecule has 2 heteroatoms. The molecule has 0 unspecified atom stereocenters. The smallest absolute Gasteiger partial charge is 0.127 e. The molecule has 1 aromatic rings. The molecule has 0 amide bonds. The minimum atomic E-state index is -0.264. The molecule has 1 rings (SSSR count). The first-order chi connectivity index (χ1) is 5.75. The third-order valence-corrected chi connectivity index (χ3v) is 1.57. The van der Waals surface area contributed by atoms with E-state index in [9.17, 15) is 4.39 Å². The summed E-state index contributed by atoms with van der Waals surface area (Å²) in [4.78, 5) is 0. The van der Waals surface area contributed by atoms with Crippen LogP contribution in [0.5, 0.6) is 0 Å². The molecule has 12 heavy (non-hydrogen) atoms. The molecule has 0 fully saturated rings. The molecule has 0 bridgehead atoms. The van der Waals surface area contributed by atoms with Gasteiger partial charge in [0.2, 0.25) is 0 Å². The third kappa shape index (κ3) is 1.84. The van der Waals surface area contributed by atoms with Gasteiger partial charge in [0.25, 0.3) is 0 Å². The minimum Gasteiger partial charge on any atom is -0.384 e. The maximum absolute atomic E-state index is 12.9. The molecule has 0 radical (unpaired) electrons. The summed E-state index contributed by atoms with van der Waals surface area (Å²) < 4.78 is 12.9. The molecule has 0 atom stereocenters. The van der Waals surface area contributed by atoms with Crippen molar-refractivity contribution in [3.05, 3.63) is 35.1 Å². The van der Waals surface area contributed by atoms with E-state index < -0.39 is 0 Å². The van der Waals surface area contributed by atoms with Gasteiger partial charge < -0.3 is 5.11 Å². The van der Waals surface area contributed by atoms with E-state index in [0.29, 0.717) is 11.1 Å². The van der Waals surface area contributed by atoms with Gasteiger partial charge in [0.05, 0.1) is 0 Å². The normalized spacial score (nSPS) is 8.92. The first-order valence-electron chi connectivity index (χ1n) is 3.60. The van der Waals surface area contributed by atoms with Crippen LogP contribution in [0.25, 0.3) is 0 Å². The van der Waals surface area contributed by atoms with E-state index in [1.165, 1.54) is 6.07 Å². The maximum Gasteiger partial charge on any atom is 0.127 e. The molecule has 0 saturated heterocycles. The van der Waals surface area contributed by atoms with Crippen LogP contribution >= 0.6 is 0 Å². The lowest BCUT2D eigenvalue weighted by atomic mass is 10.1. The van der Waals surface area contributed by atoms with Crippen molar-refractivity contribution in [1.29, 1.82) is 0 Å². The lowest BCUT2D eigenvalue weighted by molar-refractivity contribution is 0.350. The monoisotopic (exact) mass is 164 g/mol. The first-order valence-corrected chi connectivity index (χ1v) is 3.60. The first kappa shape index (κ1) is 8.76. The van der Waals surface area contributed by atoms with Crippen LogP contribution in [-0.4, -0.2) is 11.7 Å². The largest absolute Gasteiger partial charge is 0.384 e. The van der Waals surface area contributed by atoms with Gasteiger partial charge in [0, 0.05) is 11.1 Å². The van der Waals surface area contributed by atoms with E-state index in [-0.39, 0.29) is 12.4 Å². The number of aliphatic hydroxyl groups excluding tert-OH is 1. The van der Waals surface area contributed by atoms with Crippen molar-refractivity contribution in [2.24, 2.45) is 0 Å². The lowest BCUT2D eigenvalue weighted by Crippen LogP contribution is -1.87. The number of rotatable bonds is 0. The highest BCUT2D eigenvalue weighted by molar-refractivity contribution is 5.41. The van der Waals surface area contributed by atoms with Crippen LogP contribution in [0.15, 0.2) is 18.2 Å². The standard InChI is InChI=1S/C10H9FO/c1-8-9(5-3-7-12)4-2-6-10(8)11/h2,4,6,12H,7H2,1H3. The van der Waals surface area contributed by atoms with E-state index in [1.54, 1.807) is 19.1 Å². The Bertz CT molecular complexity index is 333. The molecule has 0 aliphatic rings. The minimum absolute atomic E-state index is 0.198. The second kappa shape index (κ2) is 3.89. The van der Waals surface area contributed by atoms with Crippen molar-refractivity contribution in [2.45, 2.75) is 6.92 Å². The van der Waals surface area contributed by atoms with Gasteiger partial charge in [-0.2, -0.15) is 0 Å². The molecule has 1 nitrogen and oxygen atoms in total. The Hall–Kier alpha value is -1.33. The Balaban J connectivity index is 3.08. The van der Waals surface area contributed by atoms with E-state index >= 15 is 0 Å². The predicted octanol–water partition coefficient (Wildman–Crippen LogP) is 1.48. The van der Waals surface area contributed by atoms with Gasteiger partial charge in [0.1, 0.15) is 12.4 Å². The summed E-state index contributed by atoms with van der Waals surface area (Å²) in [5, 5.41) is 8.42. The SMILES string of the molecule is Cc1c(F)cccc1C#CCO. The second-order valence-electron chi connectivity index (χ2n) is 2.37. The van der Waals surface area contributed by atoms with Crippen molar-refractivity contribution in [3.8, 4) is 11.8 Å². The fourth-order valence-electron chi connectivity index (χ4n) is 0.878. The van der Waals surface area contributed by atoms with E-state index in [1.807, 2.05) is 0 Å². The highest BCUT2D eigenvalue weighted by atomic mass is 19.1. The van der Waals surface area contributed by atoms with Crippen LogP contribution in [0.2, 0.25) is 0 Å². The molecular formula is C10H9FO. The van der Waals surface area contributed by atoms with Crippen molar-refractivity contribution < 1.29 is 9.50 Å². The molecule has 0 aromatic heterocycles. The van der Waals surface area contributed by atoms with Gasteiger partial charge in [0.15, 0.2) is 0 Å². The van der Waals surface area contributed by atoms with Gasteiger partial charge in [-0.25, -0.2) is 4.39 Å². The van der Waals surface area contributed by atoms with Crippen LogP contribution in [0.1, 0.15) is 11.1 Å². The van der Waals surface area contributed by atoms with Crippen molar-refractivity contribution >= 4 is 0 Å². The maximum atomic E-state index is 12.9. The quantitative estimate of drug-likeness (QED) is 0.576. The summed E-state index contributed by atoms with van der Waals surface area (Å²) in [7, 11) is 0. The van der Waals surface area contributed by atoms with Gasteiger partial charge in [-0.15, -0.1) is 0 Å².